The zero-order valence-electron chi connectivity index (χ0n) is 25.8. The Balaban J connectivity index is 1.43. The van der Waals surface area contributed by atoms with Gasteiger partial charge in [0.05, 0.1) is 28.4 Å². The second-order valence-corrected chi connectivity index (χ2v) is 11.8. The molecule has 3 amide bonds. The summed E-state index contributed by atoms with van der Waals surface area (Å²) in [6.07, 6.45) is -2.66. The minimum absolute atomic E-state index is 0.0817. The third-order valence-electron chi connectivity index (χ3n) is 8.73. The second kappa shape index (κ2) is 13.8. The van der Waals surface area contributed by atoms with Crippen LogP contribution in [-0.2, 0) is 27.1 Å². The first kappa shape index (κ1) is 32.7. The number of aliphatic imine (C=N–C) groups is 1. The number of halogens is 3. The molecule has 2 aliphatic rings. The van der Waals surface area contributed by atoms with Crippen LogP contribution in [0, 0.1) is 5.92 Å². The van der Waals surface area contributed by atoms with E-state index in [0.717, 1.165) is 30.5 Å². The Kier molecular flexibility index (Phi) is 9.79. The summed E-state index contributed by atoms with van der Waals surface area (Å²) >= 11 is 0. The van der Waals surface area contributed by atoms with Gasteiger partial charge in [0.15, 0.2) is 0 Å². The molecule has 11 heteroatoms. The Morgan fingerprint density at radius 2 is 1.65 bits per heavy atom. The van der Waals surface area contributed by atoms with Gasteiger partial charge in [0.25, 0.3) is 5.91 Å². The predicted octanol–water partition coefficient (Wildman–Crippen LogP) is 6.62. The van der Waals surface area contributed by atoms with E-state index in [1.807, 2.05) is 37.3 Å². The number of para-hydroxylation sites is 1. The summed E-state index contributed by atoms with van der Waals surface area (Å²) in [6, 6.07) is 20.8. The molecule has 0 bridgehead atoms. The summed E-state index contributed by atoms with van der Waals surface area (Å²) in [6.45, 7) is 2.02. The highest BCUT2D eigenvalue weighted by atomic mass is 19.4. The van der Waals surface area contributed by atoms with Gasteiger partial charge >= 0.3 is 12.3 Å². The molecule has 8 nitrogen and oxygen atoms in total. The standard InChI is InChI=1S/C35H37F3N4O4/c1-3-11-27(34(20-9-10-21-34)41-33(45)46-22-23-12-5-4-6-13-23)31(43)40-30-32(44)42(2)28-15-8-7-14-26(28)29(39-30)24-16-18-25(19-17-24)35(36,37)38/h4-8,12-19,27,30H,3,9-11,20-22H2,1-2H3,(H,40,43)(H,41,45). The number of alkyl carbamates (subject to hydrolysis) is 1. The first-order valence-corrected chi connectivity index (χ1v) is 15.4. The molecule has 46 heavy (non-hydrogen) atoms. The van der Waals surface area contributed by atoms with Gasteiger partial charge in [0.1, 0.15) is 6.61 Å². The molecule has 5 rings (SSSR count). The maximum absolute atomic E-state index is 14.1. The maximum atomic E-state index is 14.1. The number of nitrogens with one attached hydrogen (secondary N) is 2. The number of likely N-dealkylation sites (N-methyl/N-ethyl adjacent to an activating group) is 1. The van der Waals surface area contributed by atoms with Crippen LogP contribution in [-0.4, -0.2) is 42.4 Å². The zero-order chi connectivity index (χ0) is 32.9. The van der Waals surface area contributed by atoms with Gasteiger partial charge in [-0.25, -0.2) is 9.79 Å². The molecule has 3 aromatic rings. The van der Waals surface area contributed by atoms with Gasteiger partial charge in [-0.15, -0.1) is 0 Å². The monoisotopic (exact) mass is 634 g/mol. The summed E-state index contributed by atoms with van der Waals surface area (Å²) in [5.74, 6) is -1.63. The summed E-state index contributed by atoms with van der Waals surface area (Å²) in [7, 11) is 1.57. The smallest absolute Gasteiger partial charge is 0.416 e. The Bertz CT molecular complexity index is 1590. The largest absolute Gasteiger partial charge is 0.445 e. The van der Waals surface area contributed by atoms with Gasteiger partial charge in [0, 0.05) is 18.2 Å². The lowest BCUT2D eigenvalue weighted by Gasteiger charge is -2.37. The van der Waals surface area contributed by atoms with Crippen molar-refractivity contribution in [2.45, 2.75) is 69.9 Å². The molecule has 1 aliphatic heterocycles. The SMILES string of the molecule is CCCC(C(=O)NC1N=C(c2ccc(C(F)(F)F)cc2)c2ccccc2N(C)C1=O)C1(NC(=O)OCc2ccccc2)CCCC1. The normalized spacial score (nSPS) is 18.2. The first-order valence-electron chi connectivity index (χ1n) is 15.4. The minimum Gasteiger partial charge on any atom is -0.445 e. The maximum Gasteiger partial charge on any atom is 0.416 e. The minimum atomic E-state index is -4.51. The van der Waals surface area contributed by atoms with Crippen molar-refractivity contribution in [3.8, 4) is 0 Å². The first-order chi connectivity index (χ1) is 22.0. The molecule has 0 spiro atoms. The lowest BCUT2D eigenvalue weighted by molar-refractivity contribution is -0.137. The van der Waals surface area contributed by atoms with E-state index in [1.54, 1.807) is 31.3 Å². The van der Waals surface area contributed by atoms with Crippen molar-refractivity contribution in [1.82, 2.24) is 10.6 Å². The van der Waals surface area contributed by atoms with Crippen molar-refractivity contribution >= 4 is 29.3 Å². The van der Waals surface area contributed by atoms with Crippen LogP contribution in [0.4, 0.5) is 23.7 Å². The average Bonchev–Trinajstić information content (AvgIpc) is 3.49. The van der Waals surface area contributed by atoms with E-state index in [-0.39, 0.29) is 12.3 Å². The molecule has 0 aromatic heterocycles. The van der Waals surface area contributed by atoms with Crippen LogP contribution in [0.5, 0.6) is 0 Å². The van der Waals surface area contributed by atoms with Crippen molar-refractivity contribution in [3.63, 3.8) is 0 Å². The average molecular weight is 635 g/mol. The highest BCUT2D eigenvalue weighted by molar-refractivity contribution is 6.20. The highest BCUT2D eigenvalue weighted by Gasteiger charge is 2.47. The molecule has 1 saturated carbocycles. The number of nitrogens with zero attached hydrogens (tertiary/aromatic N) is 2. The van der Waals surface area contributed by atoms with Gasteiger partial charge in [-0.05, 0) is 43.0 Å². The highest BCUT2D eigenvalue weighted by Crippen LogP contribution is 2.39. The number of rotatable bonds is 9. The number of fused-ring (bicyclic) bond motifs is 1. The Hall–Kier alpha value is -4.67. The number of amides is 3. The molecule has 2 unspecified atom stereocenters. The van der Waals surface area contributed by atoms with Crippen molar-refractivity contribution in [3.05, 3.63) is 101 Å². The summed E-state index contributed by atoms with van der Waals surface area (Å²) in [5, 5.41) is 5.86. The molecule has 0 saturated heterocycles. The van der Waals surface area contributed by atoms with E-state index in [1.165, 1.54) is 17.0 Å². The van der Waals surface area contributed by atoms with E-state index in [0.29, 0.717) is 42.5 Å². The predicted molar refractivity (Wildman–Crippen MR) is 168 cm³/mol. The lowest BCUT2D eigenvalue weighted by atomic mass is 9.78. The molecular weight excluding hydrogens is 597 g/mol. The number of carbonyl (C=O) groups is 3. The van der Waals surface area contributed by atoms with E-state index in [2.05, 4.69) is 15.6 Å². The summed E-state index contributed by atoms with van der Waals surface area (Å²) in [5.41, 5.74) is 0.825. The Morgan fingerprint density at radius 3 is 2.30 bits per heavy atom. The third-order valence-corrected chi connectivity index (χ3v) is 8.73. The Morgan fingerprint density at radius 1 is 1.00 bits per heavy atom. The van der Waals surface area contributed by atoms with Gasteiger partial charge in [-0.1, -0.05) is 86.8 Å². The summed E-state index contributed by atoms with van der Waals surface area (Å²) in [4.78, 5) is 47.0. The number of alkyl halides is 3. The van der Waals surface area contributed by atoms with Crippen LogP contribution in [0.25, 0.3) is 0 Å². The fourth-order valence-electron chi connectivity index (χ4n) is 6.37. The number of carbonyl (C=O) groups excluding carboxylic acids is 3. The molecule has 1 fully saturated rings. The van der Waals surface area contributed by atoms with Crippen LogP contribution in [0.3, 0.4) is 0 Å². The second-order valence-electron chi connectivity index (χ2n) is 11.8. The fourth-order valence-corrected chi connectivity index (χ4v) is 6.37. The van der Waals surface area contributed by atoms with Crippen LogP contribution in [0.2, 0.25) is 0 Å². The van der Waals surface area contributed by atoms with Crippen molar-refractivity contribution < 1.29 is 32.3 Å². The zero-order valence-corrected chi connectivity index (χ0v) is 25.8. The van der Waals surface area contributed by atoms with Crippen LogP contribution >= 0.6 is 0 Å². The number of anilines is 1. The topological polar surface area (TPSA) is 100 Å². The van der Waals surface area contributed by atoms with Crippen molar-refractivity contribution in [1.29, 1.82) is 0 Å². The van der Waals surface area contributed by atoms with Crippen molar-refractivity contribution in [2.75, 3.05) is 11.9 Å². The number of ether oxygens (including phenoxy) is 1. The third kappa shape index (κ3) is 7.08. The van der Waals surface area contributed by atoms with Crippen LogP contribution < -0.4 is 15.5 Å². The lowest BCUT2D eigenvalue weighted by Crippen LogP contribution is -2.58. The van der Waals surface area contributed by atoms with Gasteiger partial charge < -0.3 is 20.3 Å². The molecule has 1 heterocycles. The number of benzodiazepines with no additional fused rings is 1. The quantitative estimate of drug-likeness (QED) is 0.277. The molecule has 1 aliphatic carbocycles. The van der Waals surface area contributed by atoms with Gasteiger partial charge in [0.2, 0.25) is 12.1 Å². The summed E-state index contributed by atoms with van der Waals surface area (Å²) < 4.78 is 45.4. The van der Waals surface area contributed by atoms with Gasteiger partial charge in [-0.2, -0.15) is 13.2 Å². The molecule has 2 N–H and O–H groups in total. The van der Waals surface area contributed by atoms with Gasteiger partial charge in [-0.3, -0.25) is 9.59 Å². The van der Waals surface area contributed by atoms with E-state index in [9.17, 15) is 27.6 Å². The fraction of sp³-hybridized carbons (Fsp3) is 0.371. The van der Waals surface area contributed by atoms with Crippen molar-refractivity contribution in [2.24, 2.45) is 10.9 Å². The van der Waals surface area contributed by atoms with Crippen LogP contribution in [0.15, 0.2) is 83.9 Å². The van der Waals surface area contributed by atoms with E-state index >= 15 is 0 Å². The molecule has 242 valence electrons. The number of benzene rings is 3. The van der Waals surface area contributed by atoms with E-state index in [4.69, 9.17) is 4.74 Å². The molecule has 0 radical (unpaired) electrons. The molecule has 3 aromatic carbocycles. The van der Waals surface area contributed by atoms with Crippen LogP contribution in [0.1, 0.15) is 67.7 Å². The van der Waals surface area contributed by atoms with E-state index < -0.39 is 47.3 Å². The number of hydrogen-bond donors (Lipinski definition) is 2. The Labute approximate surface area is 266 Å². The number of hydrogen-bond acceptors (Lipinski definition) is 5. The molecular formula is C35H37F3N4O4. The molecule has 2 atom stereocenters.